The van der Waals surface area contributed by atoms with Gasteiger partial charge in [0.2, 0.25) is 0 Å². The Hall–Kier alpha value is -2.34. The van der Waals surface area contributed by atoms with Gasteiger partial charge in [-0.25, -0.2) is 5.43 Å². The molecule has 6 heteroatoms. The Labute approximate surface area is 162 Å². The predicted octanol–water partition coefficient (Wildman–Crippen LogP) is 4.25. The molecular weight excluding hydrogens is 394 g/mol. The van der Waals surface area contributed by atoms with Crippen LogP contribution in [0.2, 0.25) is 0 Å². The molecule has 0 heterocycles. The number of carbonyl (C=O) groups is 1. The summed E-state index contributed by atoms with van der Waals surface area (Å²) in [6.07, 6.45) is 0. The highest BCUT2D eigenvalue weighted by molar-refractivity contribution is 9.10. The molecule has 2 aromatic rings. The molecule has 138 valence electrons. The Morgan fingerprint density at radius 3 is 2.42 bits per heavy atom. The molecule has 0 saturated heterocycles. The third-order valence-electron chi connectivity index (χ3n) is 3.83. The molecule has 0 aromatic heterocycles. The van der Waals surface area contributed by atoms with Gasteiger partial charge in [0.1, 0.15) is 5.75 Å². The van der Waals surface area contributed by atoms with Gasteiger partial charge in [0, 0.05) is 5.69 Å². The largest absolute Gasteiger partial charge is 0.483 e. The number of hydrazone groups is 1. The average molecular weight is 418 g/mol. The molecule has 0 unspecified atom stereocenters. The summed E-state index contributed by atoms with van der Waals surface area (Å²) < 4.78 is 6.39. The van der Waals surface area contributed by atoms with Crippen LogP contribution in [0.1, 0.15) is 38.8 Å². The number of hydrogen-bond donors (Lipinski definition) is 2. The third-order valence-corrected chi connectivity index (χ3v) is 4.45. The first-order valence-electron chi connectivity index (χ1n) is 8.28. The van der Waals surface area contributed by atoms with Crippen molar-refractivity contribution in [2.24, 2.45) is 5.10 Å². The number of anilines is 1. The van der Waals surface area contributed by atoms with E-state index in [1.54, 1.807) is 12.1 Å². The van der Waals surface area contributed by atoms with E-state index in [1.165, 1.54) is 5.56 Å². The van der Waals surface area contributed by atoms with E-state index in [9.17, 15) is 4.79 Å². The van der Waals surface area contributed by atoms with Crippen LogP contribution in [0.25, 0.3) is 0 Å². The molecule has 2 rings (SSSR count). The van der Waals surface area contributed by atoms with E-state index in [-0.39, 0.29) is 17.9 Å². The number of amides is 1. The van der Waals surface area contributed by atoms with Gasteiger partial charge in [0.25, 0.3) is 5.91 Å². The number of rotatable bonds is 5. The van der Waals surface area contributed by atoms with Crippen molar-refractivity contribution in [3.8, 4) is 5.75 Å². The van der Waals surface area contributed by atoms with Gasteiger partial charge in [-0.15, -0.1) is 0 Å². The average Bonchev–Trinajstić information content (AvgIpc) is 2.58. The lowest BCUT2D eigenvalue weighted by Gasteiger charge is -2.20. The summed E-state index contributed by atoms with van der Waals surface area (Å²) >= 11 is 3.49. The minimum atomic E-state index is -0.327. The number of carbonyl (C=O) groups excluding carboxylic acids is 1. The molecule has 0 radical (unpaired) electrons. The maximum atomic E-state index is 12.0. The van der Waals surface area contributed by atoms with Crippen molar-refractivity contribution in [1.29, 1.82) is 0 Å². The summed E-state index contributed by atoms with van der Waals surface area (Å²) in [7, 11) is 0. The van der Waals surface area contributed by atoms with E-state index in [4.69, 9.17) is 10.5 Å². The number of nitrogen functional groups attached to an aromatic ring is 1. The molecule has 2 aromatic carbocycles. The number of nitrogens with two attached hydrogens (primary N) is 1. The quantitative estimate of drug-likeness (QED) is 0.433. The van der Waals surface area contributed by atoms with Crippen molar-refractivity contribution < 1.29 is 9.53 Å². The van der Waals surface area contributed by atoms with Crippen LogP contribution in [0, 0.1) is 0 Å². The Morgan fingerprint density at radius 1 is 1.19 bits per heavy atom. The first kappa shape index (κ1) is 20.0. The number of nitrogens with zero attached hydrogens (tertiary/aromatic N) is 1. The molecule has 0 aliphatic rings. The van der Waals surface area contributed by atoms with Crippen LogP contribution >= 0.6 is 15.9 Å². The first-order valence-corrected chi connectivity index (χ1v) is 9.08. The highest BCUT2D eigenvalue weighted by Crippen LogP contribution is 2.31. The second-order valence-electron chi connectivity index (χ2n) is 7.04. The summed E-state index contributed by atoms with van der Waals surface area (Å²) in [4.78, 5) is 12.0. The first-order chi connectivity index (χ1) is 12.2. The number of benzene rings is 2. The topological polar surface area (TPSA) is 76.7 Å². The Kier molecular flexibility index (Phi) is 6.42. The van der Waals surface area contributed by atoms with Crippen LogP contribution in [0.15, 0.2) is 52.0 Å². The summed E-state index contributed by atoms with van der Waals surface area (Å²) in [5.41, 5.74) is 11.7. The van der Waals surface area contributed by atoms with Crippen LogP contribution in [-0.4, -0.2) is 18.2 Å². The van der Waals surface area contributed by atoms with Gasteiger partial charge in [0.15, 0.2) is 6.61 Å². The minimum Gasteiger partial charge on any atom is -0.483 e. The van der Waals surface area contributed by atoms with Gasteiger partial charge in [-0.3, -0.25) is 4.79 Å². The molecular formula is C20H24BrN3O2. The van der Waals surface area contributed by atoms with Gasteiger partial charge in [-0.05, 0) is 63.7 Å². The second kappa shape index (κ2) is 8.36. The molecule has 0 saturated carbocycles. The standard InChI is InChI=1S/C20H24BrN3O2/c1-13(14-5-8-16(22)9-6-14)23-24-19(25)12-26-18-10-7-15(11-17(18)21)20(2,3)4/h5-11H,12,22H2,1-4H3,(H,24,25)/b23-13+. The van der Waals surface area contributed by atoms with E-state index in [2.05, 4.69) is 47.2 Å². The molecule has 0 atom stereocenters. The Balaban J connectivity index is 1.92. The van der Waals surface area contributed by atoms with Gasteiger partial charge in [0.05, 0.1) is 10.2 Å². The van der Waals surface area contributed by atoms with Crippen LogP contribution in [0.3, 0.4) is 0 Å². The number of hydrogen-bond acceptors (Lipinski definition) is 4. The SMILES string of the molecule is C/C(=N\NC(=O)COc1ccc(C(C)(C)C)cc1Br)c1ccc(N)cc1. The third kappa shape index (κ3) is 5.59. The molecule has 0 aliphatic carbocycles. The van der Waals surface area contributed by atoms with E-state index >= 15 is 0 Å². The van der Waals surface area contributed by atoms with Crippen molar-refractivity contribution in [1.82, 2.24) is 5.43 Å². The zero-order chi connectivity index (χ0) is 19.3. The molecule has 0 aliphatic heterocycles. The number of halogens is 1. The minimum absolute atomic E-state index is 0.0484. The van der Waals surface area contributed by atoms with E-state index < -0.39 is 0 Å². The lowest BCUT2D eigenvalue weighted by molar-refractivity contribution is -0.123. The van der Waals surface area contributed by atoms with Crippen molar-refractivity contribution in [3.05, 3.63) is 58.1 Å². The van der Waals surface area contributed by atoms with E-state index in [0.717, 1.165) is 10.0 Å². The molecule has 0 fully saturated rings. The summed E-state index contributed by atoms with van der Waals surface area (Å²) in [5, 5.41) is 4.09. The van der Waals surface area contributed by atoms with Gasteiger partial charge >= 0.3 is 0 Å². The van der Waals surface area contributed by atoms with E-state index in [1.807, 2.05) is 37.3 Å². The smallest absolute Gasteiger partial charge is 0.277 e. The molecule has 0 bridgehead atoms. The number of ether oxygens (including phenoxy) is 1. The maximum absolute atomic E-state index is 12.0. The molecule has 26 heavy (non-hydrogen) atoms. The van der Waals surface area contributed by atoms with Gasteiger partial charge in [-0.2, -0.15) is 5.10 Å². The highest BCUT2D eigenvalue weighted by atomic mass is 79.9. The van der Waals surface area contributed by atoms with Crippen molar-refractivity contribution in [2.75, 3.05) is 12.3 Å². The summed E-state index contributed by atoms with van der Waals surface area (Å²) in [6, 6.07) is 13.2. The fourth-order valence-corrected chi connectivity index (χ4v) is 2.69. The highest BCUT2D eigenvalue weighted by Gasteiger charge is 2.15. The monoisotopic (exact) mass is 417 g/mol. The van der Waals surface area contributed by atoms with Gasteiger partial charge < -0.3 is 10.5 Å². The fourth-order valence-electron chi connectivity index (χ4n) is 2.20. The zero-order valence-corrected chi connectivity index (χ0v) is 17.1. The Bertz CT molecular complexity index is 809. The molecule has 3 N–H and O–H groups in total. The lowest BCUT2D eigenvalue weighted by Crippen LogP contribution is -2.25. The van der Waals surface area contributed by atoms with Crippen LogP contribution in [0.5, 0.6) is 5.75 Å². The van der Waals surface area contributed by atoms with Crippen LogP contribution < -0.4 is 15.9 Å². The zero-order valence-electron chi connectivity index (χ0n) is 15.5. The molecule has 1 amide bonds. The molecule has 5 nitrogen and oxygen atoms in total. The number of nitrogens with one attached hydrogen (secondary N) is 1. The van der Waals surface area contributed by atoms with Crippen molar-refractivity contribution in [3.63, 3.8) is 0 Å². The lowest BCUT2D eigenvalue weighted by atomic mass is 9.87. The predicted molar refractivity (Wildman–Crippen MR) is 110 cm³/mol. The second-order valence-corrected chi connectivity index (χ2v) is 7.89. The molecule has 0 spiro atoms. The van der Waals surface area contributed by atoms with Crippen LogP contribution in [-0.2, 0) is 10.2 Å². The van der Waals surface area contributed by atoms with E-state index in [0.29, 0.717) is 17.1 Å². The fraction of sp³-hybridized carbons (Fsp3) is 0.300. The van der Waals surface area contributed by atoms with Crippen molar-refractivity contribution >= 4 is 33.2 Å². The maximum Gasteiger partial charge on any atom is 0.277 e. The Morgan fingerprint density at radius 2 is 1.85 bits per heavy atom. The summed E-state index contributed by atoms with van der Waals surface area (Å²) in [6.45, 7) is 8.12. The van der Waals surface area contributed by atoms with Crippen molar-refractivity contribution in [2.45, 2.75) is 33.1 Å². The summed E-state index contributed by atoms with van der Waals surface area (Å²) in [5.74, 6) is 0.291. The normalized spacial score (nSPS) is 12.0. The van der Waals surface area contributed by atoms with Gasteiger partial charge in [-0.1, -0.05) is 39.0 Å². The van der Waals surface area contributed by atoms with Crippen LogP contribution in [0.4, 0.5) is 5.69 Å².